The van der Waals surface area contributed by atoms with Crippen molar-refractivity contribution < 1.29 is 9.59 Å². The monoisotopic (exact) mass is 400 g/mol. The first-order valence-electron chi connectivity index (χ1n) is 8.30. The Morgan fingerprint density at radius 3 is 2.44 bits per heavy atom. The number of hydrogen-bond acceptors (Lipinski definition) is 2. The van der Waals surface area contributed by atoms with Crippen LogP contribution < -0.4 is 10.2 Å². The standard InChI is InChI=1S/C20H21BrN2O2/c1-12-4-6-16(7-5-12)23-11-15(10-19(23)24)20(25)22-18-9-8-17(21)13(2)14(18)3/h4-9,15H,10-11H2,1-3H3,(H,22,25). The first-order valence-corrected chi connectivity index (χ1v) is 9.09. The zero-order valence-corrected chi connectivity index (χ0v) is 16.2. The molecule has 0 aromatic heterocycles. The van der Waals surface area contributed by atoms with Crippen molar-refractivity contribution in [3.05, 3.63) is 57.6 Å². The van der Waals surface area contributed by atoms with Crippen LogP contribution in [0, 0.1) is 26.7 Å². The Kier molecular flexibility index (Phi) is 4.95. The van der Waals surface area contributed by atoms with Gasteiger partial charge in [-0.05, 0) is 56.2 Å². The number of carbonyl (C=O) groups excluding carboxylic acids is 2. The van der Waals surface area contributed by atoms with Crippen molar-refractivity contribution in [3.63, 3.8) is 0 Å². The molecule has 0 radical (unpaired) electrons. The van der Waals surface area contributed by atoms with Gasteiger partial charge in [0.2, 0.25) is 11.8 Å². The normalized spacial score (nSPS) is 17.0. The van der Waals surface area contributed by atoms with Gasteiger partial charge in [-0.15, -0.1) is 0 Å². The van der Waals surface area contributed by atoms with Crippen molar-refractivity contribution in [2.75, 3.05) is 16.8 Å². The van der Waals surface area contributed by atoms with Gasteiger partial charge < -0.3 is 10.2 Å². The Hall–Kier alpha value is -2.14. The second-order valence-corrected chi connectivity index (χ2v) is 7.43. The predicted octanol–water partition coefficient (Wildman–Crippen LogP) is 4.37. The highest BCUT2D eigenvalue weighted by atomic mass is 79.9. The molecule has 2 aromatic carbocycles. The van der Waals surface area contributed by atoms with Crippen LogP contribution in [0.1, 0.15) is 23.1 Å². The second kappa shape index (κ2) is 7.00. The van der Waals surface area contributed by atoms with Gasteiger partial charge in [0.05, 0.1) is 5.92 Å². The Morgan fingerprint density at radius 2 is 1.76 bits per heavy atom. The minimum Gasteiger partial charge on any atom is -0.326 e. The van der Waals surface area contributed by atoms with Gasteiger partial charge in [0, 0.05) is 28.8 Å². The zero-order chi connectivity index (χ0) is 18.1. The number of nitrogens with zero attached hydrogens (tertiary/aromatic N) is 1. The molecule has 0 bridgehead atoms. The molecule has 25 heavy (non-hydrogen) atoms. The molecule has 0 aliphatic carbocycles. The highest BCUT2D eigenvalue weighted by Gasteiger charge is 2.35. The van der Waals surface area contributed by atoms with Crippen LogP contribution in [0.3, 0.4) is 0 Å². The maximum atomic E-state index is 12.6. The average Bonchev–Trinajstić information content (AvgIpc) is 2.98. The van der Waals surface area contributed by atoms with E-state index in [0.29, 0.717) is 6.54 Å². The summed E-state index contributed by atoms with van der Waals surface area (Å²) in [5, 5.41) is 2.98. The van der Waals surface area contributed by atoms with E-state index in [4.69, 9.17) is 0 Å². The van der Waals surface area contributed by atoms with Gasteiger partial charge in [0.15, 0.2) is 0 Å². The van der Waals surface area contributed by atoms with Crippen molar-refractivity contribution in [1.29, 1.82) is 0 Å². The molecule has 1 unspecified atom stereocenters. The summed E-state index contributed by atoms with van der Waals surface area (Å²) in [6, 6.07) is 11.6. The third-order valence-electron chi connectivity index (χ3n) is 4.82. The molecule has 1 fully saturated rings. The van der Waals surface area contributed by atoms with E-state index in [1.807, 2.05) is 57.2 Å². The summed E-state index contributed by atoms with van der Waals surface area (Å²) in [5.41, 5.74) is 4.92. The van der Waals surface area contributed by atoms with Crippen LogP contribution in [0.4, 0.5) is 11.4 Å². The number of rotatable bonds is 3. The van der Waals surface area contributed by atoms with Gasteiger partial charge in [-0.1, -0.05) is 33.6 Å². The lowest BCUT2D eigenvalue weighted by atomic mass is 10.1. The van der Waals surface area contributed by atoms with Crippen LogP contribution >= 0.6 is 15.9 Å². The zero-order valence-electron chi connectivity index (χ0n) is 14.6. The van der Waals surface area contributed by atoms with Crippen molar-refractivity contribution in [3.8, 4) is 0 Å². The molecule has 1 N–H and O–H groups in total. The van der Waals surface area contributed by atoms with E-state index < -0.39 is 0 Å². The Bertz CT molecular complexity index is 830. The van der Waals surface area contributed by atoms with E-state index in [1.165, 1.54) is 0 Å². The Morgan fingerprint density at radius 1 is 1.08 bits per heavy atom. The molecule has 1 heterocycles. The van der Waals surface area contributed by atoms with Crippen LogP contribution in [-0.4, -0.2) is 18.4 Å². The average molecular weight is 401 g/mol. The van der Waals surface area contributed by atoms with Crippen molar-refractivity contribution in [2.45, 2.75) is 27.2 Å². The minimum absolute atomic E-state index is 0.00675. The fraction of sp³-hybridized carbons (Fsp3) is 0.300. The number of nitrogens with one attached hydrogen (secondary N) is 1. The molecular weight excluding hydrogens is 380 g/mol. The van der Waals surface area contributed by atoms with Crippen LogP contribution in [0.5, 0.6) is 0 Å². The van der Waals surface area contributed by atoms with E-state index in [0.717, 1.165) is 32.5 Å². The summed E-state index contributed by atoms with van der Waals surface area (Å²) in [5.74, 6) is -0.447. The van der Waals surface area contributed by atoms with Crippen molar-refractivity contribution in [1.82, 2.24) is 0 Å². The van der Waals surface area contributed by atoms with Crippen LogP contribution in [0.15, 0.2) is 40.9 Å². The van der Waals surface area contributed by atoms with Gasteiger partial charge in [-0.25, -0.2) is 0 Å². The molecule has 2 amide bonds. The molecule has 1 saturated heterocycles. The lowest BCUT2D eigenvalue weighted by molar-refractivity contribution is -0.122. The molecule has 2 aromatic rings. The number of aryl methyl sites for hydroxylation is 1. The Labute approximate surface area is 156 Å². The fourth-order valence-corrected chi connectivity index (χ4v) is 3.44. The molecule has 0 spiro atoms. The van der Waals surface area contributed by atoms with Crippen molar-refractivity contribution in [2.24, 2.45) is 5.92 Å². The molecule has 5 heteroatoms. The van der Waals surface area contributed by atoms with E-state index in [1.54, 1.807) is 4.90 Å². The molecule has 3 rings (SSSR count). The number of carbonyl (C=O) groups is 2. The molecule has 1 aliphatic rings. The SMILES string of the molecule is Cc1ccc(N2CC(C(=O)Nc3ccc(Br)c(C)c3C)CC2=O)cc1. The van der Waals surface area contributed by atoms with Crippen LogP contribution in [0.2, 0.25) is 0 Å². The minimum atomic E-state index is -0.336. The van der Waals surface area contributed by atoms with Gasteiger partial charge in [-0.3, -0.25) is 9.59 Å². The first-order chi connectivity index (χ1) is 11.9. The molecular formula is C20H21BrN2O2. The van der Waals surface area contributed by atoms with Crippen LogP contribution in [0.25, 0.3) is 0 Å². The molecule has 130 valence electrons. The molecule has 1 aliphatic heterocycles. The van der Waals surface area contributed by atoms with Gasteiger partial charge >= 0.3 is 0 Å². The summed E-state index contributed by atoms with van der Waals surface area (Å²) < 4.78 is 1.02. The Balaban J connectivity index is 1.73. The summed E-state index contributed by atoms with van der Waals surface area (Å²) in [4.78, 5) is 26.7. The topological polar surface area (TPSA) is 49.4 Å². The summed E-state index contributed by atoms with van der Waals surface area (Å²) in [7, 11) is 0. The van der Waals surface area contributed by atoms with Gasteiger partial charge in [0.25, 0.3) is 0 Å². The fourth-order valence-electron chi connectivity index (χ4n) is 3.02. The first kappa shape index (κ1) is 17.7. The lowest BCUT2D eigenvalue weighted by Gasteiger charge is -2.17. The lowest BCUT2D eigenvalue weighted by Crippen LogP contribution is -2.28. The van der Waals surface area contributed by atoms with Crippen molar-refractivity contribution >= 4 is 39.1 Å². The molecule has 1 atom stereocenters. The maximum absolute atomic E-state index is 12.6. The van der Waals surface area contributed by atoms with E-state index in [2.05, 4.69) is 21.2 Å². The maximum Gasteiger partial charge on any atom is 0.229 e. The van der Waals surface area contributed by atoms with E-state index in [9.17, 15) is 9.59 Å². The quantitative estimate of drug-likeness (QED) is 0.831. The smallest absolute Gasteiger partial charge is 0.229 e. The molecule has 0 saturated carbocycles. The van der Waals surface area contributed by atoms with Crippen LogP contribution in [-0.2, 0) is 9.59 Å². The number of halogens is 1. The summed E-state index contributed by atoms with van der Waals surface area (Å²) in [6.45, 7) is 6.41. The highest BCUT2D eigenvalue weighted by molar-refractivity contribution is 9.10. The highest BCUT2D eigenvalue weighted by Crippen LogP contribution is 2.29. The largest absolute Gasteiger partial charge is 0.326 e. The number of hydrogen-bond donors (Lipinski definition) is 1. The van der Waals surface area contributed by atoms with E-state index >= 15 is 0 Å². The number of benzene rings is 2. The summed E-state index contributed by atoms with van der Waals surface area (Å²) >= 11 is 3.50. The second-order valence-electron chi connectivity index (χ2n) is 6.58. The number of anilines is 2. The van der Waals surface area contributed by atoms with Gasteiger partial charge in [0.1, 0.15) is 0 Å². The number of amides is 2. The van der Waals surface area contributed by atoms with E-state index in [-0.39, 0.29) is 24.2 Å². The predicted molar refractivity (Wildman–Crippen MR) is 104 cm³/mol. The summed E-state index contributed by atoms with van der Waals surface area (Å²) in [6.07, 6.45) is 0.244. The third-order valence-corrected chi connectivity index (χ3v) is 5.68. The molecule has 4 nitrogen and oxygen atoms in total. The van der Waals surface area contributed by atoms with Gasteiger partial charge in [-0.2, -0.15) is 0 Å². The third kappa shape index (κ3) is 3.61.